The van der Waals surface area contributed by atoms with Gasteiger partial charge in [0.25, 0.3) is 0 Å². The van der Waals surface area contributed by atoms with Gasteiger partial charge >= 0.3 is 0 Å². The van der Waals surface area contributed by atoms with Gasteiger partial charge in [-0.1, -0.05) is 0 Å². The molecule has 1 amide bonds. The van der Waals surface area contributed by atoms with Gasteiger partial charge in [0, 0.05) is 32.0 Å². The van der Waals surface area contributed by atoms with Gasteiger partial charge in [0.1, 0.15) is 5.82 Å². The van der Waals surface area contributed by atoms with Crippen molar-refractivity contribution in [1.82, 2.24) is 19.6 Å². The van der Waals surface area contributed by atoms with Gasteiger partial charge in [-0.3, -0.25) is 4.79 Å². The second kappa shape index (κ2) is 7.53. The zero-order chi connectivity index (χ0) is 18.8. The minimum atomic E-state index is -3.57. The topological polar surface area (TPSA) is 93.1 Å². The highest BCUT2D eigenvalue weighted by Gasteiger charge is 2.19. The van der Waals surface area contributed by atoms with Gasteiger partial charge < -0.3 is 9.88 Å². The molecular weight excluding hydrogens is 340 g/mol. The predicted molar refractivity (Wildman–Crippen MR) is 98.0 cm³/mol. The minimum absolute atomic E-state index is 0.0493. The largest absolute Gasteiger partial charge is 0.359 e. The number of fused-ring (bicyclic) bond motifs is 1. The summed E-state index contributed by atoms with van der Waals surface area (Å²) in [4.78, 5) is 16.3. The normalized spacial score (nSPS) is 12.3. The zero-order valence-electron chi connectivity index (χ0n) is 15.3. The molecule has 0 fully saturated rings. The molecule has 0 spiro atoms. The van der Waals surface area contributed by atoms with Crippen LogP contribution in [0.2, 0.25) is 0 Å². The van der Waals surface area contributed by atoms with E-state index in [0.717, 1.165) is 11.3 Å². The first-order valence-corrected chi connectivity index (χ1v) is 9.87. The maximum absolute atomic E-state index is 12.4. The lowest BCUT2D eigenvalue weighted by Gasteiger charge is -2.13. The Morgan fingerprint density at radius 2 is 1.92 bits per heavy atom. The summed E-state index contributed by atoms with van der Waals surface area (Å²) in [5.41, 5.74) is 1.48. The van der Waals surface area contributed by atoms with Crippen LogP contribution in [0.15, 0.2) is 23.1 Å². The number of carbonyl (C=O) groups excluding carboxylic acids is 1. The Morgan fingerprint density at radius 1 is 1.24 bits per heavy atom. The molecule has 138 valence electrons. The van der Waals surface area contributed by atoms with Gasteiger partial charge in [0.05, 0.1) is 15.9 Å². The molecule has 25 heavy (non-hydrogen) atoms. The first-order valence-electron chi connectivity index (χ1n) is 8.39. The third-order valence-electron chi connectivity index (χ3n) is 3.81. The number of benzene rings is 1. The molecule has 1 heterocycles. The van der Waals surface area contributed by atoms with Crippen LogP contribution in [0.4, 0.5) is 0 Å². The highest BCUT2D eigenvalue weighted by Crippen LogP contribution is 2.24. The molecule has 7 nitrogen and oxygen atoms in total. The van der Waals surface area contributed by atoms with E-state index in [4.69, 9.17) is 0 Å². The number of aryl methyl sites for hydroxylation is 1. The third-order valence-corrected chi connectivity index (χ3v) is 5.46. The van der Waals surface area contributed by atoms with E-state index in [0.29, 0.717) is 18.4 Å². The fourth-order valence-electron chi connectivity index (χ4n) is 2.78. The van der Waals surface area contributed by atoms with Crippen LogP contribution in [0.1, 0.15) is 46.0 Å². The van der Waals surface area contributed by atoms with E-state index in [-0.39, 0.29) is 22.9 Å². The van der Waals surface area contributed by atoms with Gasteiger partial charge in [-0.05, 0) is 45.9 Å². The van der Waals surface area contributed by atoms with Crippen molar-refractivity contribution in [3.05, 3.63) is 24.0 Å². The molecular formula is C17H26N4O3S. The number of hydrogen-bond donors (Lipinski definition) is 2. The number of nitrogens with one attached hydrogen (secondary N) is 2. The van der Waals surface area contributed by atoms with Crippen LogP contribution in [-0.2, 0) is 21.2 Å². The van der Waals surface area contributed by atoms with E-state index in [1.54, 1.807) is 39.1 Å². The standard InChI is InChI=1S/C17H26N4O3S/c1-11(2)20-25(23,24)13-6-7-15-14(10-13)19-16(21(15)12(3)4)8-9-17(22)18-5/h6-7,10-12,20H,8-9H2,1-5H3,(H,18,22). The summed E-state index contributed by atoms with van der Waals surface area (Å²) in [6.07, 6.45) is 0.839. The molecule has 0 aliphatic rings. The van der Waals surface area contributed by atoms with Gasteiger partial charge in [0.2, 0.25) is 15.9 Å². The second-order valence-corrected chi connectivity index (χ2v) is 8.31. The van der Waals surface area contributed by atoms with Crippen molar-refractivity contribution in [3.63, 3.8) is 0 Å². The Balaban J connectivity index is 2.47. The highest BCUT2D eigenvalue weighted by atomic mass is 32.2. The summed E-state index contributed by atoms with van der Waals surface area (Å²) < 4.78 is 29.4. The molecule has 8 heteroatoms. The molecule has 0 saturated carbocycles. The highest BCUT2D eigenvalue weighted by molar-refractivity contribution is 7.89. The zero-order valence-corrected chi connectivity index (χ0v) is 16.1. The molecule has 0 bridgehead atoms. The number of aromatic nitrogens is 2. The Labute approximate surface area is 148 Å². The molecule has 1 aromatic heterocycles. The summed E-state index contributed by atoms with van der Waals surface area (Å²) in [5, 5.41) is 2.60. The predicted octanol–water partition coefficient (Wildman–Crippen LogP) is 1.98. The Hall–Kier alpha value is -1.93. The van der Waals surface area contributed by atoms with E-state index >= 15 is 0 Å². The number of imidazole rings is 1. The van der Waals surface area contributed by atoms with Crippen LogP contribution >= 0.6 is 0 Å². The fraction of sp³-hybridized carbons (Fsp3) is 0.529. The van der Waals surface area contributed by atoms with E-state index in [2.05, 4.69) is 15.0 Å². The second-order valence-electron chi connectivity index (χ2n) is 6.59. The number of rotatable bonds is 7. The minimum Gasteiger partial charge on any atom is -0.359 e. The lowest BCUT2D eigenvalue weighted by atomic mass is 10.2. The molecule has 0 saturated heterocycles. The summed E-state index contributed by atoms with van der Waals surface area (Å²) in [5.74, 6) is 0.728. The van der Waals surface area contributed by atoms with Gasteiger partial charge in [0.15, 0.2) is 0 Å². The van der Waals surface area contributed by atoms with Crippen molar-refractivity contribution < 1.29 is 13.2 Å². The summed E-state index contributed by atoms with van der Waals surface area (Å²) in [6, 6.07) is 4.93. The first-order chi connectivity index (χ1) is 11.7. The summed E-state index contributed by atoms with van der Waals surface area (Å²) >= 11 is 0. The fourth-order valence-corrected chi connectivity index (χ4v) is 4.05. The Bertz CT molecular complexity index is 869. The lowest BCUT2D eigenvalue weighted by Crippen LogP contribution is -2.30. The third kappa shape index (κ3) is 4.38. The SMILES string of the molecule is CNC(=O)CCc1nc2cc(S(=O)(=O)NC(C)C)ccc2n1C(C)C. The van der Waals surface area contributed by atoms with Crippen LogP contribution in [-0.4, -0.2) is 37.0 Å². The monoisotopic (exact) mass is 366 g/mol. The van der Waals surface area contributed by atoms with Crippen LogP contribution in [0, 0.1) is 0 Å². The number of amides is 1. The summed E-state index contributed by atoms with van der Waals surface area (Å²) in [7, 11) is -1.96. The first kappa shape index (κ1) is 19.4. The molecule has 0 unspecified atom stereocenters. The molecule has 0 atom stereocenters. The molecule has 2 rings (SSSR count). The van der Waals surface area contributed by atoms with Crippen molar-refractivity contribution in [2.75, 3.05) is 7.05 Å². The van der Waals surface area contributed by atoms with Crippen molar-refractivity contribution in [3.8, 4) is 0 Å². The Morgan fingerprint density at radius 3 is 2.48 bits per heavy atom. The average Bonchev–Trinajstić information content (AvgIpc) is 2.88. The van der Waals surface area contributed by atoms with Gasteiger partial charge in [-0.15, -0.1) is 0 Å². The van der Waals surface area contributed by atoms with Crippen molar-refractivity contribution in [1.29, 1.82) is 0 Å². The van der Waals surface area contributed by atoms with Crippen LogP contribution in [0.5, 0.6) is 0 Å². The van der Waals surface area contributed by atoms with Crippen LogP contribution < -0.4 is 10.0 Å². The maximum Gasteiger partial charge on any atom is 0.240 e. The van der Waals surface area contributed by atoms with Gasteiger partial charge in [-0.25, -0.2) is 18.1 Å². The van der Waals surface area contributed by atoms with Gasteiger partial charge in [-0.2, -0.15) is 0 Å². The van der Waals surface area contributed by atoms with E-state index in [9.17, 15) is 13.2 Å². The number of nitrogens with zero attached hydrogens (tertiary/aromatic N) is 2. The Kier molecular flexibility index (Phi) is 5.84. The number of hydrogen-bond acceptors (Lipinski definition) is 4. The average molecular weight is 366 g/mol. The molecule has 2 aromatic rings. The maximum atomic E-state index is 12.4. The van der Waals surface area contributed by atoms with Crippen molar-refractivity contribution in [2.24, 2.45) is 0 Å². The number of sulfonamides is 1. The van der Waals surface area contributed by atoms with E-state index < -0.39 is 10.0 Å². The van der Waals surface area contributed by atoms with Crippen LogP contribution in [0.25, 0.3) is 11.0 Å². The summed E-state index contributed by atoms with van der Waals surface area (Å²) in [6.45, 7) is 7.63. The smallest absolute Gasteiger partial charge is 0.240 e. The van der Waals surface area contributed by atoms with Crippen LogP contribution in [0.3, 0.4) is 0 Å². The molecule has 0 radical (unpaired) electrons. The van der Waals surface area contributed by atoms with Crippen molar-refractivity contribution in [2.45, 2.75) is 57.5 Å². The molecule has 2 N–H and O–H groups in total. The lowest BCUT2D eigenvalue weighted by molar-refractivity contribution is -0.120. The van der Waals surface area contributed by atoms with E-state index in [1.807, 2.05) is 18.4 Å². The molecule has 0 aliphatic carbocycles. The molecule has 0 aliphatic heterocycles. The quantitative estimate of drug-likeness (QED) is 0.784. The molecule has 1 aromatic carbocycles. The number of carbonyl (C=O) groups is 1. The van der Waals surface area contributed by atoms with E-state index in [1.165, 1.54) is 0 Å². The van der Waals surface area contributed by atoms with Crippen molar-refractivity contribution >= 4 is 27.0 Å².